The molecule has 6 nitrogen and oxygen atoms in total. The zero-order valence-electron chi connectivity index (χ0n) is 41.4. The van der Waals surface area contributed by atoms with Crippen molar-refractivity contribution in [2.24, 2.45) is 0 Å². The van der Waals surface area contributed by atoms with Gasteiger partial charge in [-0.1, -0.05) is 216 Å². The fraction of sp³-hybridized carbons (Fsp3) is 0.754. The third-order valence-corrected chi connectivity index (χ3v) is 11.8. The first-order valence-corrected chi connectivity index (χ1v) is 26.7. The minimum Gasteiger partial charge on any atom is -0.462 e. The molecule has 0 aliphatic carbocycles. The van der Waals surface area contributed by atoms with Crippen molar-refractivity contribution in [3.8, 4) is 0 Å². The zero-order chi connectivity index (χ0) is 45.9. The number of aliphatic hydroxyl groups excluding tert-OH is 2. The van der Waals surface area contributed by atoms with Gasteiger partial charge in [0, 0.05) is 6.42 Å². The Kier molecular flexibility index (Phi) is 48.1. The molecule has 0 bridgehead atoms. The molecule has 3 N–H and O–H groups in total. The topological polar surface area (TPSA) is 95.9 Å². The second-order valence-electron chi connectivity index (χ2n) is 17.9. The van der Waals surface area contributed by atoms with E-state index < -0.39 is 18.2 Å². The fourth-order valence-electron chi connectivity index (χ4n) is 7.75. The molecular formula is C57H101NO5. The summed E-state index contributed by atoms with van der Waals surface area (Å²) in [6, 6.07) is -0.716. The number of hydrogen-bond donors (Lipinski definition) is 3. The molecule has 3 atom stereocenters. The first kappa shape index (κ1) is 60.3. The Hall–Kier alpha value is -2.70. The molecule has 0 saturated carbocycles. The van der Waals surface area contributed by atoms with Gasteiger partial charge in [0.25, 0.3) is 0 Å². The fourth-order valence-corrected chi connectivity index (χ4v) is 7.75. The Bertz CT molecular complexity index is 1170. The van der Waals surface area contributed by atoms with Crippen molar-refractivity contribution < 1.29 is 24.5 Å². The van der Waals surface area contributed by atoms with Gasteiger partial charge in [-0.3, -0.25) is 9.59 Å². The monoisotopic (exact) mass is 880 g/mol. The number of amides is 1. The first-order chi connectivity index (χ1) is 31.0. The summed E-state index contributed by atoms with van der Waals surface area (Å²) in [5, 5.41) is 23.8. The third-order valence-electron chi connectivity index (χ3n) is 11.8. The van der Waals surface area contributed by atoms with E-state index in [1.165, 1.54) is 103 Å². The van der Waals surface area contributed by atoms with Crippen molar-refractivity contribution in [1.82, 2.24) is 5.32 Å². The van der Waals surface area contributed by atoms with Crippen LogP contribution in [0.25, 0.3) is 0 Å². The van der Waals surface area contributed by atoms with Crippen LogP contribution in [0.15, 0.2) is 72.9 Å². The van der Waals surface area contributed by atoms with E-state index in [1.54, 1.807) is 0 Å². The third kappa shape index (κ3) is 45.7. The molecule has 0 spiro atoms. The number of aliphatic hydroxyl groups is 2. The Morgan fingerprint density at radius 2 is 0.857 bits per heavy atom. The standard InChI is InChI=1S/C57H101NO5/c1-4-7-10-13-16-19-22-25-27-29-32-35-38-41-44-47-50-57(62)63-53(48-45-42-39-36-33-31-28-26-23-20-17-14-11-8-5-2)51-56(61)58-54(52-59)55(60)49-46-43-40-37-34-30-24-21-18-15-12-9-6-3/h7,10,16-17,19-20,25-28,32,35,53-55,59-60H,4-6,8-9,11-15,18,21-24,29-31,33-34,36-52H2,1-3H3,(H,58,61)/b10-7+,19-16+,20-17-,27-25+,28-26-,35-32+. The molecule has 0 rings (SSSR count). The second kappa shape index (κ2) is 50.3. The molecular weight excluding hydrogens is 779 g/mol. The van der Waals surface area contributed by atoms with Gasteiger partial charge in [-0.05, 0) is 96.3 Å². The van der Waals surface area contributed by atoms with E-state index in [4.69, 9.17) is 4.74 Å². The molecule has 0 saturated heterocycles. The van der Waals surface area contributed by atoms with Crippen LogP contribution in [0.3, 0.4) is 0 Å². The lowest BCUT2D eigenvalue weighted by Crippen LogP contribution is -2.46. The Balaban J connectivity index is 4.67. The quantitative estimate of drug-likeness (QED) is 0.0321. The van der Waals surface area contributed by atoms with Crippen molar-refractivity contribution in [3.63, 3.8) is 0 Å². The summed E-state index contributed by atoms with van der Waals surface area (Å²) in [6.45, 7) is 6.34. The minimum atomic E-state index is -0.800. The first-order valence-electron chi connectivity index (χ1n) is 26.7. The molecule has 63 heavy (non-hydrogen) atoms. The molecule has 0 heterocycles. The molecule has 1 amide bonds. The molecule has 0 aliphatic rings. The largest absolute Gasteiger partial charge is 0.462 e. The van der Waals surface area contributed by atoms with Gasteiger partial charge in [-0.15, -0.1) is 0 Å². The highest BCUT2D eigenvalue weighted by Crippen LogP contribution is 2.17. The Morgan fingerprint density at radius 3 is 1.33 bits per heavy atom. The number of unbranched alkanes of at least 4 members (excludes halogenated alkanes) is 23. The van der Waals surface area contributed by atoms with E-state index in [-0.39, 0.29) is 24.9 Å². The van der Waals surface area contributed by atoms with Crippen LogP contribution in [0.1, 0.15) is 252 Å². The van der Waals surface area contributed by atoms with Crippen LogP contribution in [-0.2, 0) is 14.3 Å². The lowest BCUT2D eigenvalue weighted by Gasteiger charge is -2.24. The summed E-state index contributed by atoms with van der Waals surface area (Å²) in [5.74, 6) is -0.524. The number of hydrogen-bond acceptors (Lipinski definition) is 5. The number of rotatable bonds is 47. The molecule has 0 fully saturated rings. The average molecular weight is 880 g/mol. The lowest BCUT2D eigenvalue weighted by molar-refractivity contribution is -0.151. The summed E-state index contributed by atoms with van der Waals surface area (Å²) in [5.41, 5.74) is 0. The predicted molar refractivity (Wildman–Crippen MR) is 273 cm³/mol. The number of nitrogens with one attached hydrogen (secondary N) is 1. The van der Waals surface area contributed by atoms with E-state index in [0.717, 1.165) is 103 Å². The molecule has 0 aromatic heterocycles. The summed E-state index contributed by atoms with van der Waals surface area (Å²) < 4.78 is 5.92. The highest BCUT2D eigenvalue weighted by atomic mass is 16.5. The average Bonchev–Trinajstić information content (AvgIpc) is 3.28. The number of ether oxygens (including phenoxy) is 1. The van der Waals surface area contributed by atoms with Gasteiger partial charge in [0.15, 0.2) is 0 Å². The summed E-state index contributed by atoms with van der Waals surface area (Å²) in [6.07, 6.45) is 63.8. The van der Waals surface area contributed by atoms with Gasteiger partial charge in [0.2, 0.25) is 5.91 Å². The molecule has 0 radical (unpaired) electrons. The highest BCUT2D eigenvalue weighted by molar-refractivity contribution is 5.77. The molecule has 364 valence electrons. The summed E-state index contributed by atoms with van der Waals surface area (Å²) in [4.78, 5) is 26.2. The molecule has 0 aromatic carbocycles. The van der Waals surface area contributed by atoms with E-state index in [1.807, 2.05) is 0 Å². The number of esters is 1. The maximum absolute atomic E-state index is 13.2. The minimum absolute atomic E-state index is 0.0530. The van der Waals surface area contributed by atoms with Crippen LogP contribution < -0.4 is 5.32 Å². The highest BCUT2D eigenvalue weighted by Gasteiger charge is 2.24. The predicted octanol–water partition coefficient (Wildman–Crippen LogP) is 16.2. The molecule has 3 unspecified atom stereocenters. The number of allylic oxidation sites excluding steroid dienone is 12. The summed E-state index contributed by atoms with van der Waals surface area (Å²) in [7, 11) is 0. The van der Waals surface area contributed by atoms with Crippen LogP contribution in [0.5, 0.6) is 0 Å². The van der Waals surface area contributed by atoms with Gasteiger partial charge in [0.05, 0.1) is 25.2 Å². The number of carbonyl (C=O) groups is 2. The van der Waals surface area contributed by atoms with Gasteiger partial charge >= 0.3 is 5.97 Å². The van der Waals surface area contributed by atoms with E-state index >= 15 is 0 Å². The van der Waals surface area contributed by atoms with Crippen LogP contribution in [0, 0.1) is 0 Å². The van der Waals surface area contributed by atoms with E-state index in [2.05, 4.69) is 99.0 Å². The molecule has 0 aromatic rings. The van der Waals surface area contributed by atoms with Gasteiger partial charge in [0.1, 0.15) is 6.10 Å². The maximum atomic E-state index is 13.2. The van der Waals surface area contributed by atoms with Crippen LogP contribution >= 0.6 is 0 Å². The van der Waals surface area contributed by atoms with Crippen molar-refractivity contribution in [1.29, 1.82) is 0 Å². The second-order valence-corrected chi connectivity index (χ2v) is 17.9. The van der Waals surface area contributed by atoms with Gasteiger partial charge < -0.3 is 20.3 Å². The smallest absolute Gasteiger partial charge is 0.306 e. The Labute approximate surface area is 390 Å². The maximum Gasteiger partial charge on any atom is 0.306 e. The normalized spacial score (nSPS) is 13.8. The van der Waals surface area contributed by atoms with E-state index in [9.17, 15) is 19.8 Å². The Morgan fingerprint density at radius 1 is 0.476 bits per heavy atom. The van der Waals surface area contributed by atoms with Crippen molar-refractivity contribution in [2.45, 2.75) is 270 Å². The van der Waals surface area contributed by atoms with Crippen molar-refractivity contribution in [3.05, 3.63) is 72.9 Å². The van der Waals surface area contributed by atoms with Crippen molar-refractivity contribution in [2.75, 3.05) is 6.61 Å². The van der Waals surface area contributed by atoms with Gasteiger partial charge in [-0.25, -0.2) is 0 Å². The van der Waals surface area contributed by atoms with Crippen molar-refractivity contribution >= 4 is 11.9 Å². The van der Waals surface area contributed by atoms with E-state index in [0.29, 0.717) is 19.3 Å². The zero-order valence-corrected chi connectivity index (χ0v) is 41.4. The number of carbonyl (C=O) groups excluding carboxylic acids is 2. The molecule has 0 aliphatic heterocycles. The summed E-state index contributed by atoms with van der Waals surface area (Å²) >= 11 is 0. The SMILES string of the molecule is CC/C=C/C/C=C/C/C=C/C/C=C/CCCCCC(=O)OC(CCCCCCC/C=C\C/C=C\CCCCC)CC(=O)NC(CO)C(O)CCCCCCCCCCCCCCC. The molecule has 6 heteroatoms. The van der Waals surface area contributed by atoms with Gasteiger partial charge in [-0.2, -0.15) is 0 Å². The van der Waals surface area contributed by atoms with Crippen LogP contribution in [-0.4, -0.2) is 46.9 Å². The van der Waals surface area contributed by atoms with Crippen LogP contribution in [0.2, 0.25) is 0 Å². The van der Waals surface area contributed by atoms with Crippen LogP contribution in [0.4, 0.5) is 0 Å². The lowest BCUT2D eigenvalue weighted by atomic mass is 10.0.